The molecule has 4 aromatic rings. The molecule has 12 atom stereocenters. The Bertz CT molecular complexity index is 1880. The van der Waals surface area contributed by atoms with Gasteiger partial charge in [-0.15, -0.1) is 0 Å². The summed E-state index contributed by atoms with van der Waals surface area (Å²) >= 11 is 0. The molecule has 0 aliphatic carbocycles. The zero-order valence-electron chi connectivity index (χ0n) is 41.4. The predicted octanol–water partition coefficient (Wildman–Crippen LogP) is 11.9. The van der Waals surface area contributed by atoms with Crippen LogP contribution in [-0.4, -0.2) is 74.8 Å². The SMILES string of the molecule is CCCCOc1ccc(C2C3C=CC(N3)C(c3ccc(OCCCC)cc3)C3CCC(N3)C(c3ccc(OCCCC)cc3)C3C=CC(N3)C(c3ccc(OCCCC)cc3)C3CCC2N3)cc1. The van der Waals surface area contributed by atoms with Crippen LogP contribution in [0, 0.1) is 0 Å². The number of fused-ring (bicyclic) bond motifs is 8. The van der Waals surface area contributed by atoms with Crippen molar-refractivity contribution >= 4 is 0 Å². The Morgan fingerprint density at radius 3 is 0.750 bits per heavy atom. The van der Waals surface area contributed by atoms with Crippen molar-refractivity contribution < 1.29 is 18.9 Å². The highest BCUT2D eigenvalue weighted by Crippen LogP contribution is 2.44. The van der Waals surface area contributed by atoms with Crippen LogP contribution in [0.15, 0.2) is 121 Å². The van der Waals surface area contributed by atoms with E-state index in [1.54, 1.807) is 0 Å². The molecule has 364 valence electrons. The van der Waals surface area contributed by atoms with Crippen LogP contribution in [0.4, 0.5) is 0 Å². The molecule has 8 bridgehead atoms. The van der Waals surface area contributed by atoms with Gasteiger partial charge >= 0.3 is 0 Å². The lowest BCUT2D eigenvalue weighted by molar-refractivity contribution is 0.306. The van der Waals surface area contributed by atoms with E-state index in [2.05, 4.69) is 170 Å². The third kappa shape index (κ3) is 11.5. The first-order chi connectivity index (χ1) is 33.5. The van der Waals surface area contributed by atoms with Gasteiger partial charge in [0.25, 0.3) is 0 Å². The molecule has 3 fully saturated rings. The van der Waals surface area contributed by atoms with Gasteiger partial charge in [0.2, 0.25) is 0 Å². The molecular weight excluding hydrogens is 841 g/mol. The third-order valence-electron chi connectivity index (χ3n) is 15.7. The molecule has 8 heteroatoms. The lowest BCUT2D eigenvalue weighted by Gasteiger charge is -2.38. The summed E-state index contributed by atoms with van der Waals surface area (Å²) in [5.41, 5.74) is 5.42. The predicted molar refractivity (Wildman–Crippen MR) is 278 cm³/mol. The second-order valence-corrected chi connectivity index (χ2v) is 20.3. The molecule has 5 heterocycles. The molecule has 9 rings (SSSR count). The first kappa shape index (κ1) is 48.4. The monoisotopic (exact) mass is 921 g/mol. The number of hydrogen-bond acceptors (Lipinski definition) is 8. The topological polar surface area (TPSA) is 85.0 Å². The van der Waals surface area contributed by atoms with E-state index in [1.165, 1.54) is 22.3 Å². The number of nitrogens with one attached hydrogen (secondary N) is 4. The van der Waals surface area contributed by atoms with E-state index in [4.69, 9.17) is 18.9 Å². The molecule has 4 N–H and O–H groups in total. The first-order valence-corrected chi connectivity index (χ1v) is 26.8. The van der Waals surface area contributed by atoms with Crippen molar-refractivity contribution in [2.45, 2.75) is 177 Å². The minimum Gasteiger partial charge on any atom is -0.494 e. The van der Waals surface area contributed by atoms with Crippen molar-refractivity contribution in [1.29, 1.82) is 0 Å². The van der Waals surface area contributed by atoms with Gasteiger partial charge in [0.15, 0.2) is 0 Å². The van der Waals surface area contributed by atoms with Crippen LogP contribution in [0.2, 0.25) is 0 Å². The summed E-state index contributed by atoms with van der Waals surface area (Å²) in [6.45, 7) is 11.9. The summed E-state index contributed by atoms with van der Waals surface area (Å²) in [5, 5.41) is 17.4. The fourth-order valence-corrected chi connectivity index (χ4v) is 12.0. The standard InChI is InChI=1S/C60H80N4O4/c1-5-9-37-65-45-21-13-41(14-22-45)57-49-29-31-51(61-49)58(42-15-23-46(24-16-42)66-38-10-6-2)53-33-35-55(63-53)60(44-19-27-48(28-20-44)68-40-12-8-4)56-36-34-54(64-56)59(52-32-30-50(57)62-52)43-17-25-47(26-18-43)67-39-11-7-3/h13-29,31,34,36,49-64H,5-12,30,32-33,35,37-40H2,1-4H3. The number of rotatable bonds is 20. The maximum Gasteiger partial charge on any atom is 0.119 e. The van der Waals surface area contributed by atoms with Crippen molar-refractivity contribution in [3.8, 4) is 23.0 Å². The number of unbranched alkanes of at least 4 members (excludes halogenated alkanes) is 4. The lowest BCUT2D eigenvalue weighted by atomic mass is 9.83. The van der Waals surface area contributed by atoms with Gasteiger partial charge in [-0.1, -0.05) is 126 Å². The Morgan fingerprint density at radius 1 is 0.324 bits per heavy atom. The van der Waals surface area contributed by atoms with Gasteiger partial charge < -0.3 is 40.2 Å². The summed E-state index contributed by atoms with van der Waals surface area (Å²) in [4.78, 5) is 0. The van der Waals surface area contributed by atoms with Crippen LogP contribution >= 0.6 is 0 Å². The van der Waals surface area contributed by atoms with E-state index in [9.17, 15) is 0 Å². The molecule has 4 aromatic carbocycles. The minimum absolute atomic E-state index is 0.157. The van der Waals surface area contributed by atoms with E-state index in [-0.39, 0.29) is 72.0 Å². The van der Waals surface area contributed by atoms with Crippen molar-refractivity contribution in [3.05, 3.63) is 144 Å². The van der Waals surface area contributed by atoms with Gasteiger partial charge in [-0.2, -0.15) is 0 Å². The van der Waals surface area contributed by atoms with E-state index in [1.807, 2.05) is 0 Å². The molecule has 5 aliphatic heterocycles. The van der Waals surface area contributed by atoms with Gasteiger partial charge in [-0.05, 0) is 122 Å². The number of ether oxygens (including phenoxy) is 4. The van der Waals surface area contributed by atoms with E-state index < -0.39 is 0 Å². The summed E-state index contributed by atoms with van der Waals surface area (Å²) < 4.78 is 24.8. The van der Waals surface area contributed by atoms with Gasteiger partial charge in [-0.25, -0.2) is 0 Å². The Balaban J connectivity index is 1.08. The van der Waals surface area contributed by atoms with Gasteiger partial charge in [0.1, 0.15) is 23.0 Å². The lowest BCUT2D eigenvalue weighted by Crippen LogP contribution is -2.52. The molecule has 68 heavy (non-hydrogen) atoms. The van der Waals surface area contributed by atoms with Crippen LogP contribution in [0.5, 0.6) is 23.0 Å². The second kappa shape index (κ2) is 23.8. The minimum atomic E-state index is 0.157. The summed E-state index contributed by atoms with van der Waals surface area (Å²) in [6.07, 6.45) is 23.1. The molecule has 0 amide bonds. The largest absolute Gasteiger partial charge is 0.494 e. The molecule has 0 spiro atoms. The molecule has 0 saturated carbocycles. The van der Waals surface area contributed by atoms with E-state index >= 15 is 0 Å². The van der Waals surface area contributed by atoms with E-state index in [0.717, 1.165) is 126 Å². The molecule has 8 nitrogen and oxygen atoms in total. The van der Waals surface area contributed by atoms with Crippen LogP contribution in [0.3, 0.4) is 0 Å². The van der Waals surface area contributed by atoms with Crippen LogP contribution < -0.4 is 40.2 Å². The zero-order valence-corrected chi connectivity index (χ0v) is 41.4. The summed E-state index contributed by atoms with van der Waals surface area (Å²) in [6, 6.07) is 38.0. The smallest absolute Gasteiger partial charge is 0.119 e. The van der Waals surface area contributed by atoms with Crippen LogP contribution in [-0.2, 0) is 0 Å². The average Bonchev–Trinajstić information content (AvgIpc) is 4.23. The molecular formula is C60H80N4O4. The quantitative estimate of drug-likeness (QED) is 0.0515. The van der Waals surface area contributed by atoms with Crippen LogP contribution in [0.25, 0.3) is 0 Å². The Kier molecular flexibility index (Phi) is 17.0. The van der Waals surface area contributed by atoms with Crippen molar-refractivity contribution in [3.63, 3.8) is 0 Å². The normalized spacial score (nSPS) is 29.6. The molecule has 5 aliphatic rings. The fraction of sp³-hybridized carbons (Fsp3) is 0.533. The maximum atomic E-state index is 6.19. The first-order valence-electron chi connectivity index (χ1n) is 26.8. The fourth-order valence-electron chi connectivity index (χ4n) is 12.0. The summed E-state index contributed by atoms with van der Waals surface area (Å²) in [7, 11) is 0. The Labute approximate surface area is 408 Å². The Hall–Kier alpha value is -4.60. The van der Waals surface area contributed by atoms with Gasteiger partial charge in [0.05, 0.1) is 26.4 Å². The average molecular weight is 921 g/mol. The zero-order chi connectivity index (χ0) is 46.7. The molecule has 3 saturated heterocycles. The van der Waals surface area contributed by atoms with Gasteiger partial charge in [0, 0.05) is 72.0 Å². The molecule has 12 unspecified atom stereocenters. The molecule has 0 aromatic heterocycles. The number of hydrogen-bond donors (Lipinski definition) is 4. The number of benzene rings is 4. The van der Waals surface area contributed by atoms with Crippen molar-refractivity contribution in [2.24, 2.45) is 0 Å². The summed E-state index contributed by atoms with van der Waals surface area (Å²) in [5.74, 6) is 4.73. The van der Waals surface area contributed by atoms with Crippen molar-refractivity contribution in [1.82, 2.24) is 21.3 Å². The highest BCUT2D eigenvalue weighted by Gasteiger charge is 2.47. The molecule has 0 radical (unpaired) electrons. The van der Waals surface area contributed by atoms with Crippen molar-refractivity contribution in [2.75, 3.05) is 26.4 Å². The highest BCUT2D eigenvalue weighted by molar-refractivity contribution is 5.41. The van der Waals surface area contributed by atoms with Crippen LogP contribution in [0.1, 0.15) is 151 Å². The second-order valence-electron chi connectivity index (χ2n) is 20.3. The Morgan fingerprint density at radius 2 is 0.544 bits per heavy atom. The van der Waals surface area contributed by atoms with Gasteiger partial charge in [-0.3, -0.25) is 0 Å². The van der Waals surface area contributed by atoms with E-state index in [0.29, 0.717) is 0 Å². The maximum absolute atomic E-state index is 6.19. The highest BCUT2D eigenvalue weighted by atomic mass is 16.5. The third-order valence-corrected chi connectivity index (χ3v) is 15.7.